The molecule has 0 unspecified atom stereocenters. The summed E-state index contributed by atoms with van der Waals surface area (Å²) in [6.07, 6.45) is 3.25. The second-order valence-electron chi connectivity index (χ2n) is 5.41. The van der Waals surface area contributed by atoms with Gasteiger partial charge in [-0.15, -0.1) is 0 Å². The molecule has 1 rings (SSSR count). The van der Waals surface area contributed by atoms with Crippen molar-refractivity contribution in [1.82, 2.24) is 14.7 Å². The molecule has 1 aliphatic heterocycles. The Morgan fingerprint density at radius 2 is 1.61 bits per heavy atom. The zero-order valence-electron chi connectivity index (χ0n) is 11.9. The predicted molar refractivity (Wildman–Crippen MR) is 82.1 cm³/mol. The molecule has 0 aliphatic carbocycles. The molecule has 4 nitrogen and oxygen atoms in total. The van der Waals surface area contributed by atoms with E-state index < -0.39 is 0 Å². The van der Waals surface area contributed by atoms with Gasteiger partial charge < -0.3 is 15.5 Å². The number of likely N-dealkylation sites (N-methyl/N-ethyl adjacent to an activating group) is 1. The van der Waals surface area contributed by atoms with Crippen molar-refractivity contribution in [2.45, 2.75) is 19.3 Å². The molecule has 0 saturated carbocycles. The highest BCUT2D eigenvalue weighted by Gasteiger charge is 2.15. The Morgan fingerprint density at radius 1 is 1.06 bits per heavy atom. The Hall–Kier alpha value is -0.230. The Labute approximate surface area is 117 Å². The molecular formula is C13H28N4S. The zero-order chi connectivity index (χ0) is 13.4. The van der Waals surface area contributed by atoms with E-state index in [1.807, 2.05) is 0 Å². The van der Waals surface area contributed by atoms with Gasteiger partial charge in [0.1, 0.15) is 0 Å². The van der Waals surface area contributed by atoms with E-state index in [4.69, 9.17) is 18.0 Å². The lowest BCUT2D eigenvalue weighted by molar-refractivity contribution is 0.124. The standard InChI is InChI=1S/C13H28N4S/c1-15(2)7-8-17-11-9-16(10-12-17)6-4-3-5-13(14)18/h3-12H2,1-2H3,(H2,14,18). The maximum atomic E-state index is 5.49. The molecular weight excluding hydrogens is 244 g/mol. The van der Waals surface area contributed by atoms with Crippen LogP contribution in [0.5, 0.6) is 0 Å². The minimum atomic E-state index is 0.656. The Balaban J connectivity index is 2.03. The van der Waals surface area contributed by atoms with Gasteiger partial charge in [-0.05, 0) is 39.9 Å². The van der Waals surface area contributed by atoms with Crippen LogP contribution in [-0.2, 0) is 0 Å². The number of nitrogens with zero attached hydrogens (tertiary/aromatic N) is 3. The Kier molecular flexibility index (Phi) is 7.74. The first-order valence-electron chi connectivity index (χ1n) is 6.95. The minimum Gasteiger partial charge on any atom is -0.393 e. The number of piperazine rings is 1. The van der Waals surface area contributed by atoms with Crippen molar-refractivity contribution in [3.05, 3.63) is 0 Å². The van der Waals surface area contributed by atoms with Crippen LogP contribution in [0.2, 0.25) is 0 Å². The van der Waals surface area contributed by atoms with E-state index in [1.54, 1.807) is 0 Å². The number of nitrogens with two attached hydrogens (primary N) is 1. The molecule has 18 heavy (non-hydrogen) atoms. The lowest BCUT2D eigenvalue weighted by Gasteiger charge is -2.35. The van der Waals surface area contributed by atoms with Crippen LogP contribution in [0.25, 0.3) is 0 Å². The van der Waals surface area contributed by atoms with Gasteiger partial charge in [-0.3, -0.25) is 4.90 Å². The van der Waals surface area contributed by atoms with Crippen LogP contribution in [0.4, 0.5) is 0 Å². The molecule has 0 aromatic heterocycles. The predicted octanol–water partition coefficient (Wildman–Crippen LogP) is 0.622. The maximum Gasteiger partial charge on any atom is 0.0727 e. The Morgan fingerprint density at radius 3 is 2.11 bits per heavy atom. The first kappa shape index (κ1) is 15.8. The number of hydrogen-bond acceptors (Lipinski definition) is 4. The summed E-state index contributed by atoms with van der Waals surface area (Å²) < 4.78 is 0. The molecule has 1 heterocycles. The van der Waals surface area contributed by atoms with E-state index in [-0.39, 0.29) is 0 Å². The summed E-state index contributed by atoms with van der Waals surface area (Å²) in [7, 11) is 4.27. The topological polar surface area (TPSA) is 35.7 Å². The highest BCUT2D eigenvalue weighted by molar-refractivity contribution is 7.80. The van der Waals surface area contributed by atoms with Crippen molar-refractivity contribution >= 4 is 17.2 Å². The minimum absolute atomic E-state index is 0.656. The van der Waals surface area contributed by atoms with E-state index in [1.165, 1.54) is 45.7 Å². The van der Waals surface area contributed by atoms with Gasteiger partial charge in [0, 0.05) is 39.3 Å². The van der Waals surface area contributed by atoms with Crippen molar-refractivity contribution in [3.8, 4) is 0 Å². The van der Waals surface area contributed by atoms with Crippen LogP contribution >= 0.6 is 12.2 Å². The van der Waals surface area contributed by atoms with Crippen LogP contribution in [0.1, 0.15) is 19.3 Å². The van der Waals surface area contributed by atoms with Gasteiger partial charge in [-0.2, -0.15) is 0 Å². The molecule has 5 heteroatoms. The molecule has 0 atom stereocenters. The maximum absolute atomic E-state index is 5.49. The van der Waals surface area contributed by atoms with Gasteiger partial charge in [-0.25, -0.2) is 0 Å². The molecule has 0 bridgehead atoms. The number of hydrogen-bond donors (Lipinski definition) is 1. The average Bonchev–Trinajstić information content (AvgIpc) is 2.33. The highest BCUT2D eigenvalue weighted by Crippen LogP contribution is 2.04. The summed E-state index contributed by atoms with van der Waals surface area (Å²) in [4.78, 5) is 8.03. The second-order valence-corrected chi connectivity index (χ2v) is 5.93. The average molecular weight is 272 g/mol. The van der Waals surface area contributed by atoms with Gasteiger partial charge in [0.05, 0.1) is 4.99 Å². The van der Waals surface area contributed by atoms with Crippen molar-refractivity contribution < 1.29 is 0 Å². The smallest absolute Gasteiger partial charge is 0.0727 e. The molecule has 0 aromatic rings. The molecule has 1 fully saturated rings. The highest BCUT2D eigenvalue weighted by atomic mass is 32.1. The molecule has 1 aliphatic rings. The van der Waals surface area contributed by atoms with Gasteiger partial charge in [0.2, 0.25) is 0 Å². The summed E-state index contributed by atoms with van der Waals surface area (Å²) >= 11 is 4.88. The fraction of sp³-hybridized carbons (Fsp3) is 0.923. The lowest BCUT2D eigenvalue weighted by Crippen LogP contribution is -2.48. The van der Waals surface area contributed by atoms with Crippen molar-refractivity contribution in [1.29, 1.82) is 0 Å². The summed E-state index contributed by atoms with van der Waals surface area (Å²) in [5.41, 5.74) is 5.49. The monoisotopic (exact) mass is 272 g/mol. The molecule has 0 amide bonds. The van der Waals surface area contributed by atoms with Crippen LogP contribution in [0.15, 0.2) is 0 Å². The first-order chi connectivity index (χ1) is 8.58. The third-order valence-corrected chi connectivity index (χ3v) is 3.68. The van der Waals surface area contributed by atoms with Crippen LogP contribution < -0.4 is 5.73 Å². The third-order valence-electron chi connectivity index (χ3n) is 3.48. The number of rotatable bonds is 8. The quantitative estimate of drug-likeness (QED) is 0.518. The van der Waals surface area contributed by atoms with Crippen LogP contribution in [0, 0.1) is 0 Å². The lowest BCUT2D eigenvalue weighted by atomic mass is 10.2. The summed E-state index contributed by atoms with van der Waals surface area (Å²) in [6, 6.07) is 0. The zero-order valence-corrected chi connectivity index (χ0v) is 12.7. The van der Waals surface area contributed by atoms with E-state index in [9.17, 15) is 0 Å². The fourth-order valence-electron chi connectivity index (χ4n) is 2.21. The molecule has 106 valence electrons. The van der Waals surface area contributed by atoms with Gasteiger partial charge in [0.15, 0.2) is 0 Å². The summed E-state index contributed by atoms with van der Waals surface area (Å²) in [5, 5.41) is 0. The summed E-state index contributed by atoms with van der Waals surface area (Å²) in [6.45, 7) is 8.40. The van der Waals surface area contributed by atoms with E-state index in [0.29, 0.717) is 4.99 Å². The normalized spacial score (nSPS) is 18.4. The van der Waals surface area contributed by atoms with E-state index in [2.05, 4.69) is 28.8 Å². The molecule has 0 aromatic carbocycles. The second kappa shape index (κ2) is 8.80. The fourth-order valence-corrected chi connectivity index (χ4v) is 2.36. The number of thiocarbonyl (C=S) groups is 1. The molecule has 2 N–H and O–H groups in total. The third kappa shape index (κ3) is 7.26. The summed E-state index contributed by atoms with van der Waals surface area (Å²) in [5.74, 6) is 0. The van der Waals surface area contributed by atoms with Crippen molar-refractivity contribution in [3.63, 3.8) is 0 Å². The largest absolute Gasteiger partial charge is 0.393 e. The van der Waals surface area contributed by atoms with Crippen LogP contribution in [-0.4, -0.2) is 79.6 Å². The van der Waals surface area contributed by atoms with E-state index >= 15 is 0 Å². The number of unbranched alkanes of at least 4 members (excludes halogenated alkanes) is 1. The van der Waals surface area contributed by atoms with E-state index in [0.717, 1.165) is 19.4 Å². The van der Waals surface area contributed by atoms with Gasteiger partial charge >= 0.3 is 0 Å². The van der Waals surface area contributed by atoms with Crippen molar-refractivity contribution in [2.75, 3.05) is 59.9 Å². The van der Waals surface area contributed by atoms with Gasteiger partial charge in [-0.1, -0.05) is 12.2 Å². The Bertz CT molecular complexity index is 237. The SMILES string of the molecule is CN(C)CCN1CCN(CCCCC(N)=S)CC1. The van der Waals surface area contributed by atoms with Crippen LogP contribution in [0.3, 0.4) is 0 Å². The molecule has 1 saturated heterocycles. The van der Waals surface area contributed by atoms with Crippen molar-refractivity contribution in [2.24, 2.45) is 5.73 Å². The molecule has 0 spiro atoms. The first-order valence-corrected chi connectivity index (χ1v) is 7.36. The van der Waals surface area contributed by atoms with Gasteiger partial charge in [0.25, 0.3) is 0 Å². The molecule has 0 radical (unpaired) electrons.